The summed E-state index contributed by atoms with van der Waals surface area (Å²) < 4.78 is 4.63. The Morgan fingerprint density at radius 2 is 1.72 bits per heavy atom. The lowest BCUT2D eigenvalue weighted by Crippen LogP contribution is -2.35. The van der Waals surface area contributed by atoms with Crippen molar-refractivity contribution in [3.05, 3.63) is 35.4 Å². The average Bonchev–Trinajstić information content (AvgIpc) is 2.35. The fraction of sp³-hybridized carbons (Fsp3) is 0.182. The molecule has 96 valence electrons. The van der Waals surface area contributed by atoms with Gasteiger partial charge in [0.15, 0.2) is 0 Å². The van der Waals surface area contributed by atoms with Crippen LogP contribution in [-0.2, 0) is 9.53 Å². The van der Waals surface area contributed by atoms with Crippen molar-refractivity contribution >= 4 is 17.9 Å². The first-order chi connectivity index (χ1) is 8.43. The topological polar surface area (TPSA) is 127 Å². The lowest BCUT2D eigenvalue weighted by atomic mass is 10.1. The number of carbonyl (C=O) groups excluding carboxylic acids is 1. The van der Waals surface area contributed by atoms with Crippen LogP contribution in [0.3, 0.4) is 0 Å². The van der Waals surface area contributed by atoms with Crippen LogP contribution in [-0.4, -0.2) is 40.8 Å². The fourth-order valence-electron chi connectivity index (χ4n) is 1.16. The minimum absolute atomic E-state index is 0.150. The Morgan fingerprint density at radius 3 is 2.22 bits per heavy atom. The molecule has 1 rings (SSSR count). The maximum Gasteiger partial charge on any atom is 0.339 e. The van der Waals surface area contributed by atoms with Crippen molar-refractivity contribution in [2.75, 3.05) is 6.61 Å². The minimum atomic E-state index is -1.34. The molecule has 4 N–H and O–H groups in total. The van der Waals surface area contributed by atoms with E-state index < -0.39 is 30.6 Å². The van der Waals surface area contributed by atoms with Gasteiger partial charge in [-0.15, -0.1) is 0 Å². The van der Waals surface area contributed by atoms with Crippen molar-refractivity contribution in [3.8, 4) is 0 Å². The Balaban J connectivity index is 2.79. The molecule has 0 aliphatic carbocycles. The lowest BCUT2D eigenvalue weighted by molar-refractivity contribution is -0.139. The second kappa shape index (κ2) is 5.78. The molecular weight excluding hydrogens is 242 g/mol. The molecule has 7 heteroatoms. The molecule has 0 aliphatic rings. The number of aromatic carboxylic acids is 1. The van der Waals surface area contributed by atoms with Gasteiger partial charge in [-0.05, 0) is 12.1 Å². The predicted molar refractivity (Wildman–Crippen MR) is 59.3 cm³/mol. The number of hydrogen-bond donors (Lipinski definition) is 3. The summed E-state index contributed by atoms with van der Waals surface area (Å²) >= 11 is 0. The Labute approximate surface area is 102 Å². The molecule has 0 saturated heterocycles. The van der Waals surface area contributed by atoms with Crippen LogP contribution in [0.2, 0.25) is 0 Å². The maximum absolute atomic E-state index is 11.6. The first-order valence-corrected chi connectivity index (χ1v) is 4.91. The van der Waals surface area contributed by atoms with Crippen LogP contribution < -0.4 is 5.73 Å². The monoisotopic (exact) mass is 253 g/mol. The predicted octanol–water partition coefficient (Wildman–Crippen LogP) is -0.0465. The molecule has 1 atom stereocenters. The van der Waals surface area contributed by atoms with Gasteiger partial charge >= 0.3 is 17.9 Å². The fourth-order valence-corrected chi connectivity index (χ4v) is 1.16. The average molecular weight is 253 g/mol. The van der Waals surface area contributed by atoms with E-state index in [2.05, 4.69) is 4.74 Å². The molecule has 18 heavy (non-hydrogen) atoms. The Bertz CT molecular complexity index is 484. The summed E-state index contributed by atoms with van der Waals surface area (Å²) in [5, 5.41) is 17.4. The number of benzene rings is 1. The van der Waals surface area contributed by atoms with Gasteiger partial charge in [0.05, 0.1) is 11.1 Å². The van der Waals surface area contributed by atoms with E-state index in [0.29, 0.717) is 0 Å². The molecule has 0 unspecified atom stereocenters. The highest BCUT2D eigenvalue weighted by molar-refractivity contribution is 6.02. The van der Waals surface area contributed by atoms with Crippen LogP contribution >= 0.6 is 0 Å². The van der Waals surface area contributed by atoms with E-state index in [-0.39, 0.29) is 11.1 Å². The molecule has 1 aromatic rings. The number of hydrogen-bond acceptors (Lipinski definition) is 5. The van der Waals surface area contributed by atoms with Crippen LogP contribution in [0, 0.1) is 0 Å². The third-order valence-corrected chi connectivity index (χ3v) is 2.09. The van der Waals surface area contributed by atoms with Crippen molar-refractivity contribution in [2.45, 2.75) is 6.04 Å². The summed E-state index contributed by atoms with van der Waals surface area (Å²) in [6.07, 6.45) is 0. The van der Waals surface area contributed by atoms with Gasteiger partial charge in [-0.25, -0.2) is 9.59 Å². The molecule has 0 fully saturated rings. The molecule has 0 aliphatic heterocycles. The molecule has 7 nitrogen and oxygen atoms in total. The first-order valence-electron chi connectivity index (χ1n) is 4.91. The number of nitrogens with two attached hydrogens (primary N) is 1. The van der Waals surface area contributed by atoms with Gasteiger partial charge < -0.3 is 20.7 Å². The molecule has 0 bridgehead atoms. The van der Waals surface area contributed by atoms with Crippen molar-refractivity contribution < 1.29 is 29.3 Å². The number of rotatable bonds is 5. The smallest absolute Gasteiger partial charge is 0.339 e. The van der Waals surface area contributed by atoms with Gasteiger partial charge in [-0.1, -0.05) is 12.1 Å². The van der Waals surface area contributed by atoms with Crippen LogP contribution in [0.25, 0.3) is 0 Å². The summed E-state index contributed by atoms with van der Waals surface area (Å²) in [5.74, 6) is -3.51. The summed E-state index contributed by atoms with van der Waals surface area (Å²) in [7, 11) is 0. The Kier molecular flexibility index (Phi) is 4.39. The third-order valence-electron chi connectivity index (χ3n) is 2.09. The summed E-state index contributed by atoms with van der Waals surface area (Å²) in [6, 6.07) is 4.11. The normalized spacial score (nSPS) is 11.6. The summed E-state index contributed by atoms with van der Waals surface area (Å²) in [5.41, 5.74) is 4.78. The highest BCUT2D eigenvalue weighted by Crippen LogP contribution is 2.10. The highest BCUT2D eigenvalue weighted by Gasteiger charge is 2.19. The molecule has 0 spiro atoms. The highest BCUT2D eigenvalue weighted by atomic mass is 16.5. The van der Waals surface area contributed by atoms with Crippen LogP contribution in [0.5, 0.6) is 0 Å². The SMILES string of the molecule is N[C@@H](COC(=O)c1ccccc1C(=O)O)C(=O)O. The molecule has 0 heterocycles. The van der Waals surface area contributed by atoms with Crippen LogP contribution in [0.4, 0.5) is 0 Å². The van der Waals surface area contributed by atoms with Gasteiger partial charge in [-0.3, -0.25) is 4.79 Å². The van der Waals surface area contributed by atoms with Crippen molar-refractivity contribution in [3.63, 3.8) is 0 Å². The van der Waals surface area contributed by atoms with E-state index in [1.165, 1.54) is 24.3 Å². The third kappa shape index (κ3) is 3.29. The number of carboxylic acids is 2. The molecular formula is C11H11NO6. The largest absolute Gasteiger partial charge is 0.480 e. The molecule has 1 aromatic carbocycles. The van der Waals surface area contributed by atoms with E-state index in [4.69, 9.17) is 15.9 Å². The van der Waals surface area contributed by atoms with E-state index in [1.54, 1.807) is 0 Å². The van der Waals surface area contributed by atoms with E-state index in [1.807, 2.05) is 0 Å². The zero-order valence-corrected chi connectivity index (χ0v) is 9.20. The van der Waals surface area contributed by atoms with Crippen LogP contribution in [0.1, 0.15) is 20.7 Å². The Hall–Kier alpha value is -2.41. The molecule has 0 amide bonds. The van der Waals surface area contributed by atoms with Gasteiger partial charge in [0.1, 0.15) is 12.6 Å². The number of esters is 1. The quantitative estimate of drug-likeness (QED) is 0.628. The second-order valence-corrected chi connectivity index (χ2v) is 3.39. The molecule has 0 aromatic heterocycles. The standard InChI is InChI=1S/C11H11NO6/c12-8(10(15)16)5-18-11(17)7-4-2-1-3-6(7)9(13)14/h1-4,8H,5,12H2,(H,13,14)(H,15,16)/t8-/m0/s1. The zero-order valence-electron chi connectivity index (χ0n) is 9.20. The molecule has 0 radical (unpaired) electrons. The summed E-state index contributed by atoms with van der Waals surface area (Å²) in [4.78, 5) is 32.8. The number of carbonyl (C=O) groups is 3. The minimum Gasteiger partial charge on any atom is -0.480 e. The lowest BCUT2D eigenvalue weighted by Gasteiger charge is -2.09. The Morgan fingerprint density at radius 1 is 1.17 bits per heavy atom. The van der Waals surface area contributed by atoms with E-state index in [0.717, 1.165) is 0 Å². The number of carboxylic acid groups (broad SMARTS) is 2. The van der Waals surface area contributed by atoms with E-state index >= 15 is 0 Å². The van der Waals surface area contributed by atoms with Gasteiger partial charge in [0, 0.05) is 0 Å². The number of aliphatic carboxylic acids is 1. The maximum atomic E-state index is 11.6. The second-order valence-electron chi connectivity index (χ2n) is 3.39. The molecule has 0 saturated carbocycles. The van der Waals surface area contributed by atoms with Crippen molar-refractivity contribution in [1.29, 1.82) is 0 Å². The zero-order chi connectivity index (χ0) is 13.7. The van der Waals surface area contributed by atoms with Crippen LogP contribution in [0.15, 0.2) is 24.3 Å². The van der Waals surface area contributed by atoms with Gasteiger partial charge in [-0.2, -0.15) is 0 Å². The first kappa shape index (κ1) is 13.7. The van der Waals surface area contributed by atoms with E-state index in [9.17, 15) is 14.4 Å². The van der Waals surface area contributed by atoms with Crippen molar-refractivity contribution in [2.24, 2.45) is 5.73 Å². The summed E-state index contributed by atoms with van der Waals surface area (Å²) in [6.45, 7) is -0.526. The van der Waals surface area contributed by atoms with Gasteiger partial charge in [0.25, 0.3) is 0 Å². The number of ether oxygens (including phenoxy) is 1. The van der Waals surface area contributed by atoms with Crippen molar-refractivity contribution in [1.82, 2.24) is 0 Å². The van der Waals surface area contributed by atoms with Gasteiger partial charge in [0.2, 0.25) is 0 Å².